The minimum atomic E-state index is 0. The summed E-state index contributed by atoms with van der Waals surface area (Å²) in [5.74, 6) is 1.17. The van der Waals surface area contributed by atoms with E-state index in [2.05, 4.69) is 75.0 Å². The van der Waals surface area contributed by atoms with Gasteiger partial charge in [-0.25, -0.2) is 0 Å². The molecular weight excluding hydrogens is 701 g/mol. The van der Waals surface area contributed by atoms with Gasteiger partial charge in [0.1, 0.15) is 0 Å². The molecule has 0 N–H and O–H groups in total. The summed E-state index contributed by atoms with van der Waals surface area (Å²) in [6.45, 7) is 0. The van der Waals surface area contributed by atoms with Gasteiger partial charge in [0.05, 0.1) is 22.3 Å². The fraction of sp³-hybridized carbons (Fsp3) is 0. The molecule has 0 aliphatic rings. The van der Waals surface area contributed by atoms with Gasteiger partial charge in [-0.05, 0) is 34.7 Å². The number of aromatic nitrogens is 5. The van der Waals surface area contributed by atoms with Gasteiger partial charge in [0, 0.05) is 48.0 Å². The average Bonchev–Trinajstić information content (AvgIpc) is 3.73. The first-order valence-corrected chi connectivity index (χ1v) is 13.4. The number of rotatable bonds is 3. The molecule has 0 atom stereocenters. The zero-order valence-electron chi connectivity index (χ0n) is 21.9. The molecule has 9 aromatic rings. The Kier molecular flexibility index (Phi) is 5.59. The second kappa shape index (κ2) is 9.50. The Bertz CT molecular complexity index is 2460. The first-order valence-electron chi connectivity index (χ1n) is 13.4. The van der Waals surface area contributed by atoms with Gasteiger partial charge in [-0.2, -0.15) is 0 Å². The van der Waals surface area contributed by atoms with E-state index in [1.807, 2.05) is 65.6 Å². The number of hydrogen-bond acceptors (Lipinski definition) is 4. The van der Waals surface area contributed by atoms with E-state index in [9.17, 15) is 0 Å². The molecule has 42 heavy (non-hydrogen) atoms. The van der Waals surface area contributed by atoms with Crippen LogP contribution in [0.2, 0.25) is 0 Å². The molecule has 0 saturated carbocycles. The van der Waals surface area contributed by atoms with Gasteiger partial charge in [-0.1, -0.05) is 88.3 Å². The summed E-state index contributed by atoms with van der Waals surface area (Å²) < 4.78 is 10.5. The fourth-order valence-electron chi connectivity index (χ4n) is 5.99. The van der Waals surface area contributed by atoms with Gasteiger partial charge in [-0.3, -0.25) is 15.0 Å². The first kappa shape index (κ1) is 24.7. The predicted octanol–water partition coefficient (Wildman–Crippen LogP) is 8.05. The number of pyridine rings is 3. The van der Waals surface area contributed by atoms with Crippen LogP contribution in [-0.2, 0) is 21.1 Å². The minimum Gasteiger partial charge on any atom is -0.497 e. The second-order valence-corrected chi connectivity index (χ2v) is 10.0. The summed E-state index contributed by atoms with van der Waals surface area (Å²) >= 11 is 0. The zero-order chi connectivity index (χ0) is 26.9. The van der Waals surface area contributed by atoms with Crippen LogP contribution in [0.5, 0.6) is 11.5 Å². The molecule has 5 aromatic heterocycles. The van der Waals surface area contributed by atoms with Crippen LogP contribution in [0.4, 0.5) is 0 Å². The van der Waals surface area contributed by atoms with Gasteiger partial charge in [0.15, 0.2) is 0 Å². The third-order valence-corrected chi connectivity index (χ3v) is 7.74. The normalized spacial score (nSPS) is 11.6. The molecular formula is C35H19N5OPt. The Labute approximate surface area is 254 Å². The van der Waals surface area contributed by atoms with E-state index in [1.54, 1.807) is 6.20 Å². The molecule has 200 valence electrons. The van der Waals surface area contributed by atoms with E-state index in [0.29, 0.717) is 11.5 Å². The third kappa shape index (κ3) is 3.59. The molecule has 0 aliphatic heterocycles. The van der Waals surface area contributed by atoms with Crippen molar-refractivity contribution in [1.29, 1.82) is 0 Å². The Morgan fingerprint density at radius 3 is 2.00 bits per heavy atom. The van der Waals surface area contributed by atoms with Crippen molar-refractivity contribution in [3.63, 3.8) is 0 Å². The fourth-order valence-corrected chi connectivity index (χ4v) is 5.99. The quantitative estimate of drug-likeness (QED) is 0.137. The Morgan fingerprint density at radius 1 is 0.571 bits per heavy atom. The summed E-state index contributed by atoms with van der Waals surface area (Å²) in [5, 5.41) is 4.96. The molecule has 7 heteroatoms. The summed E-state index contributed by atoms with van der Waals surface area (Å²) in [5.41, 5.74) is 6.98. The summed E-state index contributed by atoms with van der Waals surface area (Å²) in [7, 11) is 0. The van der Waals surface area contributed by atoms with Crippen molar-refractivity contribution in [2.75, 3.05) is 0 Å². The molecule has 4 aromatic carbocycles. The molecule has 0 amide bonds. The van der Waals surface area contributed by atoms with Crippen LogP contribution in [0.25, 0.3) is 65.9 Å². The molecule has 0 aliphatic carbocycles. The minimum absolute atomic E-state index is 0. The van der Waals surface area contributed by atoms with Gasteiger partial charge >= 0.3 is 21.1 Å². The molecule has 0 saturated heterocycles. The number of benzene rings is 4. The van der Waals surface area contributed by atoms with Crippen LogP contribution in [0.15, 0.2) is 116 Å². The topological polar surface area (TPSA) is 56.7 Å². The third-order valence-electron chi connectivity index (χ3n) is 7.74. The molecule has 0 spiro atoms. The number of hydrogen-bond donors (Lipinski definition) is 0. The van der Waals surface area contributed by atoms with E-state index in [-0.39, 0.29) is 21.1 Å². The maximum atomic E-state index is 6.38. The van der Waals surface area contributed by atoms with Crippen molar-refractivity contribution in [3.8, 4) is 22.6 Å². The van der Waals surface area contributed by atoms with E-state index >= 15 is 0 Å². The molecule has 9 rings (SSSR count). The van der Waals surface area contributed by atoms with Crippen molar-refractivity contribution in [3.05, 3.63) is 128 Å². The van der Waals surface area contributed by atoms with Crippen LogP contribution in [-0.4, -0.2) is 23.8 Å². The van der Waals surface area contributed by atoms with Crippen LogP contribution >= 0.6 is 0 Å². The second-order valence-electron chi connectivity index (χ2n) is 10.0. The average molecular weight is 721 g/mol. The van der Waals surface area contributed by atoms with Crippen molar-refractivity contribution < 1.29 is 25.8 Å². The van der Waals surface area contributed by atoms with Gasteiger partial charge in [0.2, 0.25) is 0 Å². The first-order chi connectivity index (χ1) is 20.3. The SMILES string of the molecule is [Pt+2].[c-]1c(Oc2[c-]c3c(cc2)c2c(-c4ccccc4)cccc2n2ccnc32)ccc2c1c1nccn1c1cccnc21. The van der Waals surface area contributed by atoms with E-state index in [0.717, 1.165) is 65.9 Å². The smallest absolute Gasteiger partial charge is 0.497 e. The Hall–Kier alpha value is -5.06. The monoisotopic (exact) mass is 720 g/mol. The summed E-state index contributed by atoms with van der Waals surface area (Å²) in [6.07, 6.45) is 9.38. The van der Waals surface area contributed by atoms with Gasteiger partial charge in [0.25, 0.3) is 0 Å². The number of nitrogens with zero attached hydrogens (tertiary/aromatic N) is 5. The predicted molar refractivity (Wildman–Crippen MR) is 161 cm³/mol. The molecule has 5 heterocycles. The Morgan fingerprint density at radius 2 is 1.24 bits per heavy atom. The van der Waals surface area contributed by atoms with Crippen LogP contribution < -0.4 is 4.74 Å². The largest absolute Gasteiger partial charge is 2.00 e. The van der Waals surface area contributed by atoms with E-state index in [4.69, 9.17) is 9.72 Å². The van der Waals surface area contributed by atoms with Crippen LogP contribution in [0.1, 0.15) is 0 Å². The molecule has 0 unspecified atom stereocenters. The number of ether oxygens (including phenoxy) is 1. The molecule has 6 nitrogen and oxygen atoms in total. The molecule has 0 fully saturated rings. The number of fused-ring (bicyclic) bond motifs is 12. The van der Waals surface area contributed by atoms with Crippen molar-refractivity contribution in [2.24, 2.45) is 0 Å². The maximum Gasteiger partial charge on any atom is 2.00 e. The summed E-state index contributed by atoms with van der Waals surface area (Å²) in [6, 6.07) is 35.9. The number of imidazole rings is 2. The van der Waals surface area contributed by atoms with E-state index < -0.39 is 0 Å². The van der Waals surface area contributed by atoms with Gasteiger partial charge in [-0.15, -0.1) is 12.1 Å². The van der Waals surface area contributed by atoms with E-state index in [1.165, 1.54) is 0 Å². The molecule has 0 radical (unpaired) electrons. The van der Waals surface area contributed by atoms with Crippen molar-refractivity contribution >= 4 is 54.8 Å². The zero-order valence-corrected chi connectivity index (χ0v) is 24.2. The maximum absolute atomic E-state index is 6.38. The van der Waals surface area contributed by atoms with Crippen molar-refractivity contribution in [2.45, 2.75) is 0 Å². The molecule has 0 bridgehead atoms. The standard InChI is InChI=1S/C35H19N5O.Pt/c1-2-6-22(7-3-1)25-8-4-9-30-32(25)26-13-11-23(20-28(26)34-37-16-18-39(30)34)41-24-12-14-27-29(21-24)35-38-17-19-40(35)31-10-5-15-36-33(27)31;/h1-19H;/q-2;+2. The summed E-state index contributed by atoms with van der Waals surface area (Å²) in [4.78, 5) is 13.9. The van der Waals surface area contributed by atoms with Crippen LogP contribution in [0, 0.1) is 12.1 Å². The van der Waals surface area contributed by atoms with Gasteiger partial charge < -0.3 is 13.5 Å². The Balaban J connectivity index is 0.00000267. The van der Waals surface area contributed by atoms with Crippen LogP contribution in [0.3, 0.4) is 0 Å². The van der Waals surface area contributed by atoms with Crippen molar-refractivity contribution in [1.82, 2.24) is 23.8 Å².